The number of non-ortho nitro benzene ring substituents is 1. The van der Waals surface area contributed by atoms with Gasteiger partial charge in [0, 0.05) is 17.7 Å². The summed E-state index contributed by atoms with van der Waals surface area (Å²) in [6, 6.07) is 3.36. The van der Waals surface area contributed by atoms with Gasteiger partial charge in [-0.15, -0.1) is 0 Å². The number of rotatable bonds is 7. The first kappa shape index (κ1) is 17.4. The number of nitro groups is 1. The van der Waals surface area contributed by atoms with Crippen molar-refractivity contribution in [1.29, 1.82) is 0 Å². The summed E-state index contributed by atoms with van der Waals surface area (Å²) in [6.45, 7) is 5.73. The predicted molar refractivity (Wildman–Crippen MR) is 81.4 cm³/mol. The Labute approximate surface area is 124 Å². The number of nitro benzene ring substituents is 1. The van der Waals surface area contributed by atoms with E-state index in [1.165, 1.54) is 6.07 Å². The van der Waals surface area contributed by atoms with Gasteiger partial charge in [0.05, 0.1) is 10.6 Å². The Kier molecular flexibility index (Phi) is 5.30. The third-order valence-electron chi connectivity index (χ3n) is 3.87. The van der Waals surface area contributed by atoms with Crippen LogP contribution in [0.15, 0.2) is 23.1 Å². The molecule has 0 aliphatic heterocycles. The molecule has 0 aliphatic carbocycles. The first-order chi connectivity index (χ1) is 9.71. The van der Waals surface area contributed by atoms with Gasteiger partial charge >= 0.3 is 0 Å². The largest absolute Gasteiger partial charge is 0.397 e. The van der Waals surface area contributed by atoms with Gasteiger partial charge in [-0.1, -0.05) is 20.8 Å². The van der Waals surface area contributed by atoms with Gasteiger partial charge in [-0.05, 0) is 25.3 Å². The van der Waals surface area contributed by atoms with Crippen LogP contribution in [0, 0.1) is 10.1 Å². The van der Waals surface area contributed by atoms with Crippen LogP contribution in [0.4, 0.5) is 11.4 Å². The molecule has 0 unspecified atom stereocenters. The van der Waals surface area contributed by atoms with Crippen molar-refractivity contribution in [1.82, 2.24) is 4.72 Å². The van der Waals surface area contributed by atoms with Crippen LogP contribution in [-0.2, 0) is 10.0 Å². The molecule has 1 aromatic rings. The maximum Gasteiger partial charge on any atom is 0.271 e. The van der Waals surface area contributed by atoms with E-state index < -0.39 is 20.5 Å². The molecule has 0 saturated carbocycles. The highest BCUT2D eigenvalue weighted by Gasteiger charge is 2.31. The zero-order chi connectivity index (χ0) is 16.3. The molecule has 0 aromatic heterocycles. The van der Waals surface area contributed by atoms with Crippen LogP contribution in [-0.4, -0.2) is 18.9 Å². The van der Waals surface area contributed by atoms with Gasteiger partial charge in [0.25, 0.3) is 5.69 Å². The first-order valence-electron chi connectivity index (χ1n) is 6.79. The SMILES string of the molecule is CCC(CC)(CC)NS(=O)(=O)c1ccc([N+](=O)[O-])cc1N. The summed E-state index contributed by atoms with van der Waals surface area (Å²) in [6.07, 6.45) is 1.93. The summed E-state index contributed by atoms with van der Waals surface area (Å²) in [4.78, 5) is 9.92. The molecule has 0 atom stereocenters. The maximum atomic E-state index is 12.5. The molecule has 1 rings (SSSR count). The second kappa shape index (κ2) is 6.40. The lowest BCUT2D eigenvalue weighted by Gasteiger charge is -2.31. The topological polar surface area (TPSA) is 115 Å². The summed E-state index contributed by atoms with van der Waals surface area (Å²) in [5.74, 6) is 0. The molecule has 1 aromatic carbocycles. The van der Waals surface area contributed by atoms with Crippen molar-refractivity contribution in [2.24, 2.45) is 0 Å². The molecule has 118 valence electrons. The molecule has 3 N–H and O–H groups in total. The first-order valence-corrected chi connectivity index (χ1v) is 8.27. The van der Waals surface area contributed by atoms with Gasteiger partial charge in [0.2, 0.25) is 10.0 Å². The maximum absolute atomic E-state index is 12.5. The molecule has 0 aliphatic rings. The van der Waals surface area contributed by atoms with Crippen molar-refractivity contribution >= 4 is 21.4 Å². The number of nitrogens with two attached hydrogens (primary N) is 1. The molecule has 0 heterocycles. The van der Waals surface area contributed by atoms with Crippen molar-refractivity contribution in [3.63, 3.8) is 0 Å². The lowest BCUT2D eigenvalue weighted by atomic mass is 9.91. The van der Waals surface area contributed by atoms with Gasteiger partial charge in [0.1, 0.15) is 4.90 Å². The minimum Gasteiger partial charge on any atom is -0.397 e. The van der Waals surface area contributed by atoms with Crippen LogP contribution in [0.2, 0.25) is 0 Å². The van der Waals surface area contributed by atoms with E-state index in [4.69, 9.17) is 5.73 Å². The van der Waals surface area contributed by atoms with E-state index in [2.05, 4.69) is 4.72 Å². The van der Waals surface area contributed by atoms with Crippen LogP contribution >= 0.6 is 0 Å². The number of benzene rings is 1. The second-order valence-corrected chi connectivity index (χ2v) is 6.58. The Balaban J connectivity index is 3.23. The minimum atomic E-state index is -3.82. The van der Waals surface area contributed by atoms with E-state index in [1.54, 1.807) is 0 Å². The summed E-state index contributed by atoms with van der Waals surface area (Å²) >= 11 is 0. The molecule has 8 heteroatoms. The molecular formula is C13H21N3O4S. The number of hydrogen-bond acceptors (Lipinski definition) is 5. The average molecular weight is 315 g/mol. The highest BCUT2D eigenvalue weighted by Crippen LogP contribution is 2.27. The number of hydrogen-bond donors (Lipinski definition) is 2. The summed E-state index contributed by atoms with van der Waals surface area (Å²) in [7, 11) is -3.82. The fraction of sp³-hybridized carbons (Fsp3) is 0.538. The van der Waals surface area contributed by atoms with Crippen LogP contribution in [0.1, 0.15) is 40.0 Å². The lowest BCUT2D eigenvalue weighted by Crippen LogP contribution is -2.47. The van der Waals surface area contributed by atoms with E-state index in [1.807, 2.05) is 20.8 Å². The number of anilines is 1. The second-order valence-electron chi connectivity index (χ2n) is 4.93. The van der Waals surface area contributed by atoms with Crippen LogP contribution < -0.4 is 10.5 Å². The number of nitrogens with zero attached hydrogens (tertiary/aromatic N) is 1. The molecule has 0 saturated heterocycles. The Bertz CT molecular complexity index is 616. The van der Waals surface area contributed by atoms with Gasteiger partial charge in [-0.3, -0.25) is 10.1 Å². The zero-order valence-corrected chi connectivity index (χ0v) is 13.2. The van der Waals surface area contributed by atoms with E-state index >= 15 is 0 Å². The molecule has 0 radical (unpaired) electrons. The molecule has 0 fully saturated rings. The number of sulfonamides is 1. The standard InChI is InChI=1S/C13H21N3O4S/c1-4-13(5-2,6-3)15-21(19,20)12-8-7-10(16(17)18)9-11(12)14/h7-9,15H,4-6,14H2,1-3H3. The quantitative estimate of drug-likeness (QED) is 0.455. The van der Waals surface area contributed by atoms with Gasteiger partial charge in [0.15, 0.2) is 0 Å². The Morgan fingerprint density at radius 3 is 2.14 bits per heavy atom. The highest BCUT2D eigenvalue weighted by atomic mass is 32.2. The monoisotopic (exact) mass is 315 g/mol. The average Bonchev–Trinajstić information content (AvgIpc) is 2.44. The molecular weight excluding hydrogens is 294 g/mol. The van der Waals surface area contributed by atoms with Gasteiger partial charge in [-0.2, -0.15) is 0 Å². The lowest BCUT2D eigenvalue weighted by molar-refractivity contribution is -0.384. The number of nitrogens with one attached hydrogen (secondary N) is 1. The van der Waals surface area contributed by atoms with Crippen LogP contribution in [0.25, 0.3) is 0 Å². The Morgan fingerprint density at radius 2 is 1.76 bits per heavy atom. The van der Waals surface area contributed by atoms with E-state index in [0.717, 1.165) is 12.1 Å². The van der Waals surface area contributed by atoms with Crippen molar-refractivity contribution in [2.45, 2.75) is 50.5 Å². The van der Waals surface area contributed by atoms with Gasteiger partial charge < -0.3 is 5.73 Å². The minimum absolute atomic E-state index is 0.131. The van der Waals surface area contributed by atoms with Crippen LogP contribution in [0.3, 0.4) is 0 Å². The van der Waals surface area contributed by atoms with Gasteiger partial charge in [-0.25, -0.2) is 13.1 Å². The third kappa shape index (κ3) is 3.70. The molecule has 21 heavy (non-hydrogen) atoms. The fourth-order valence-electron chi connectivity index (χ4n) is 2.20. The normalized spacial score (nSPS) is 12.3. The predicted octanol–water partition coefficient (Wildman–Crippen LogP) is 2.42. The van der Waals surface area contributed by atoms with Crippen molar-refractivity contribution in [2.75, 3.05) is 5.73 Å². The number of nitrogen functional groups attached to an aromatic ring is 1. The zero-order valence-electron chi connectivity index (χ0n) is 12.4. The molecule has 7 nitrogen and oxygen atoms in total. The van der Waals surface area contributed by atoms with E-state index in [0.29, 0.717) is 19.3 Å². The Hall–Kier alpha value is -1.67. The molecule has 0 bridgehead atoms. The Morgan fingerprint density at radius 1 is 1.24 bits per heavy atom. The van der Waals surface area contributed by atoms with Crippen LogP contribution in [0.5, 0.6) is 0 Å². The van der Waals surface area contributed by atoms with Crippen molar-refractivity contribution in [3.05, 3.63) is 28.3 Å². The summed E-state index contributed by atoms with van der Waals surface area (Å²) < 4.78 is 27.6. The van der Waals surface area contributed by atoms with Crippen molar-refractivity contribution < 1.29 is 13.3 Å². The van der Waals surface area contributed by atoms with Crippen molar-refractivity contribution in [3.8, 4) is 0 Å². The fourth-order valence-corrected chi connectivity index (χ4v) is 3.93. The molecule has 0 spiro atoms. The van der Waals surface area contributed by atoms with E-state index in [-0.39, 0.29) is 16.3 Å². The third-order valence-corrected chi connectivity index (χ3v) is 5.53. The summed E-state index contributed by atoms with van der Waals surface area (Å²) in [5.41, 5.74) is 4.76. The highest BCUT2D eigenvalue weighted by molar-refractivity contribution is 7.89. The molecule has 0 amide bonds. The van der Waals surface area contributed by atoms with E-state index in [9.17, 15) is 18.5 Å². The smallest absolute Gasteiger partial charge is 0.271 e. The summed E-state index contributed by atoms with van der Waals surface area (Å²) in [5, 5.41) is 10.7.